The number of alkyl halides is 1. The van der Waals surface area contributed by atoms with Gasteiger partial charge in [-0.2, -0.15) is 0 Å². The normalized spacial score (nSPS) is 22.8. The second kappa shape index (κ2) is 6.56. The van der Waals surface area contributed by atoms with Gasteiger partial charge in [0.15, 0.2) is 0 Å². The monoisotopic (exact) mass is 387 g/mol. The fraction of sp³-hybridized carbons (Fsp3) is 0.467. The number of hydrogen-bond donors (Lipinski definition) is 0. The summed E-state index contributed by atoms with van der Waals surface area (Å²) in [4.78, 5) is 25.9. The molecule has 1 aromatic carbocycles. The molecule has 0 aliphatic carbocycles. The highest BCUT2D eigenvalue weighted by Crippen LogP contribution is 2.31. The molecule has 2 rings (SSSR count). The van der Waals surface area contributed by atoms with Crippen molar-refractivity contribution in [2.45, 2.75) is 30.6 Å². The molecule has 1 aromatic rings. The summed E-state index contributed by atoms with van der Waals surface area (Å²) in [6.07, 6.45) is 1.04. The van der Waals surface area contributed by atoms with Crippen LogP contribution in [0, 0.1) is 5.92 Å². The third kappa shape index (κ3) is 3.13. The molecule has 20 heavy (non-hydrogen) atoms. The SMILES string of the molecule is CCOC(=O)N1C(=O)[C@H](C)C[C@H](I)Cc2ccccc21. The molecule has 0 aromatic heterocycles. The van der Waals surface area contributed by atoms with Crippen molar-refractivity contribution in [2.24, 2.45) is 5.92 Å². The van der Waals surface area contributed by atoms with Gasteiger partial charge in [0, 0.05) is 9.84 Å². The van der Waals surface area contributed by atoms with Gasteiger partial charge < -0.3 is 4.74 Å². The second-order valence-corrected chi connectivity index (χ2v) is 6.70. The van der Waals surface area contributed by atoms with E-state index < -0.39 is 6.09 Å². The Hall–Kier alpha value is -1.11. The molecule has 0 spiro atoms. The maximum Gasteiger partial charge on any atom is 0.421 e. The first kappa shape index (κ1) is 15.3. The standard InChI is InChI=1S/C15H18INO3/c1-3-20-15(19)17-13-7-5-4-6-11(13)9-12(16)8-10(2)14(17)18/h4-7,10,12H,3,8-9H2,1-2H3/t10-,12+/m1/s1. The minimum atomic E-state index is -0.580. The molecule has 0 unspecified atom stereocenters. The van der Waals surface area contributed by atoms with Gasteiger partial charge in [0.1, 0.15) is 0 Å². The van der Waals surface area contributed by atoms with E-state index in [1.54, 1.807) is 6.92 Å². The Morgan fingerprint density at radius 1 is 1.45 bits per heavy atom. The molecule has 0 fully saturated rings. The van der Waals surface area contributed by atoms with E-state index in [9.17, 15) is 9.59 Å². The van der Waals surface area contributed by atoms with Crippen LogP contribution < -0.4 is 4.90 Å². The number of hydrogen-bond acceptors (Lipinski definition) is 3. The molecule has 0 N–H and O–H groups in total. The van der Waals surface area contributed by atoms with Gasteiger partial charge in [-0.25, -0.2) is 9.69 Å². The van der Waals surface area contributed by atoms with Crippen LogP contribution in [-0.4, -0.2) is 22.5 Å². The Balaban J connectivity index is 2.48. The lowest BCUT2D eigenvalue weighted by Gasteiger charge is -2.29. The van der Waals surface area contributed by atoms with E-state index in [-0.39, 0.29) is 18.4 Å². The number of carbonyl (C=O) groups is 2. The maximum absolute atomic E-state index is 12.5. The van der Waals surface area contributed by atoms with Crippen LogP contribution in [0.4, 0.5) is 10.5 Å². The first-order valence-corrected chi connectivity index (χ1v) is 8.01. The van der Waals surface area contributed by atoms with Crippen molar-refractivity contribution in [3.05, 3.63) is 29.8 Å². The summed E-state index contributed by atoms with van der Waals surface area (Å²) < 4.78 is 5.43. The minimum absolute atomic E-state index is 0.183. The molecule has 2 atom stereocenters. The van der Waals surface area contributed by atoms with Crippen molar-refractivity contribution >= 4 is 40.3 Å². The van der Waals surface area contributed by atoms with Crippen LogP contribution in [0.25, 0.3) is 0 Å². The zero-order chi connectivity index (χ0) is 14.7. The lowest BCUT2D eigenvalue weighted by Crippen LogP contribution is -2.43. The zero-order valence-electron chi connectivity index (χ0n) is 11.6. The predicted octanol–water partition coefficient (Wildman–Crippen LogP) is 3.56. The van der Waals surface area contributed by atoms with Crippen molar-refractivity contribution in [2.75, 3.05) is 11.5 Å². The highest BCUT2D eigenvalue weighted by molar-refractivity contribution is 14.1. The van der Waals surface area contributed by atoms with Gasteiger partial charge in [0.25, 0.3) is 0 Å². The Morgan fingerprint density at radius 2 is 2.15 bits per heavy atom. The van der Waals surface area contributed by atoms with Crippen molar-refractivity contribution < 1.29 is 14.3 Å². The fourth-order valence-electron chi connectivity index (χ4n) is 2.42. The van der Waals surface area contributed by atoms with Crippen molar-refractivity contribution in [3.8, 4) is 0 Å². The van der Waals surface area contributed by atoms with Gasteiger partial charge in [-0.05, 0) is 31.4 Å². The summed E-state index contributed by atoms with van der Waals surface area (Å²) in [6.45, 7) is 3.87. The van der Waals surface area contributed by atoms with Crippen LogP contribution in [0.15, 0.2) is 24.3 Å². The smallest absolute Gasteiger partial charge is 0.421 e. The van der Waals surface area contributed by atoms with Gasteiger partial charge in [0.2, 0.25) is 5.91 Å². The molecule has 0 radical (unpaired) electrons. The fourth-order valence-corrected chi connectivity index (χ4v) is 3.66. The summed E-state index contributed by atoms with van der Waals surface area (Å²) in [5.74, 6) is -0.369. The molecule has 4 nitrogen and oxygen atoms in total. The van der Waals surface area contributed by atoms with Crippen LogP contribution in [0.3, 0.4) is 0 Å². The number of benzene rings is 1. The lowest BCUT2D eigenvalue weighted by atomic mass is 9.95. The lowest BCUT2D eigenvalue weighted by molar-refractivity contribution is -0.121. The molecule has 1 aliphatic heterocycles. The summed E-state index contributed by atoms with van der Waals surface area (Å²) in [6, 6.07) is 7.55. The van der Waals surface area contributed by atoms with E-state index in [0.29, 0.717) is 9.61 Å². The average molecular weight is 387 g/mol. The number of anilines is 1. The molecule has 1 aliphatic rings. The molecule has 0 saturated heterocycles. The van der Waals surface area contributed by atoms with Crippen LogP contribution in [0.1, 0.15) is 25.8 Å². The number of amides is 2. The van der Waals surface area contributed by atoms with Crippen molar-refractivity contribution in [1.29, 1.82) is 0 Å². The van der Waals surface area contributed by atoms with E-state index in [4.69, 9.17) is 4.74 Å². The highest BCUT2D eigenvalue weighted by atomic mass is 127. The van der Waals surface area contributed by atoms with Gasteiger partial charge in [-0.15, -0.1) is 0 Å². The molecular formula is C15H18INO3. The van der Waals surface area contributed by atoms with E-state index in [1.807, 2.05) is 31.2 Å². The van der Waals surface area contributed by atoms with Crippen molar-refractivity contribution in [1.82, 2.24) is 0 Å². The van der Waals surface area contributed by atoms with Crippen LogP contribution in [0.5, 0.6) is 0 Å². The number of halogens is 1. The predicted molar refractivity (Wildman–Crippen MR) is 86.2 cm³/mol. The van der Waals surface area contributed by atoms with E-state index in [1.165, 1.54) is 4.90 Å². The van der Waals surface area contributed by atoms with Crippen molar-refractivity contribution in [3.63, 3.8) is 0 Å². The largest absolute Gasteiger partial charge is 0.449 e. The number of para-hydroxylation sites is 1. The third-order valence-corrected chi connectivity index (χ3v) is 4.32. The number of ether oxygens (including phenoxy) is 1. The summed E-state index contributed by atoms with van der Waals surface area (Å²) in [7, 11) is 0. The topological polar surface area (TPSA) is 46.6 Å². The summed E-state index contributed by atoms with van der Waals surface area (Å²) >= 11 is 2.37. The maximum atomic E-state index is 12.5. The summed E-state index contributed by atoms with van der Waals surface area (Å²) in [5, 5.41) is 0. The molecule has 1 heterocycles. The van der Waals surface area contributed by atoms with Crippen LogP contribution in [0.2, 0.25) is 0 Å². The second-order valence-electron chi connectivity index (χ2n) is 4.94. The van der Waals surface area contributed by atoms with Gasteiger partial charge in [-0.1, -0.05) is 47.7 Å². The molecule has 0 saturated carbocycles. The number of imide groups is 1. The van der Waals surface area contributed by atoms with E-state index in [2.05, 4.69) is 22.6 Å². The first-order chi connectivity index (χ1) is 9.54. The average Bonchev–Trinajstić information content (AvgIpc) is 2.39. The molecule has 0 bridgehead atoms. The Morgan fingerprint density at radius 3 is 2.85 bits per heavy atom. The molecular weight excluding hydrogens is 369 g/mol. The van der Waals surface area contributed by atoms with E-state index >= 15 is 0 Å². The van der Waals surface area contributed by atoms with Gasteiger partial charge in [0.05, 0.1) is 12.3 Å². The Bertz CT molecular complexity index is 518. The number of rotatable bonds is 1. The minimum Gasteiger partial charge on any atom is -0.449 e. The van der Waals surface area contributed by atoms with Gasteiger partial charge >= 0.3 is 6.09 Å². The molecule has 2 amide bonds. The summed E-state index contributed by atoms with van der Waals surface area (Å²) in [5.41, 5.74) is 1.67. The highest BCUT2D eigenvalue weighted by Gasteiger charge is 2.33. The first-order valence-electron chi connectivity index (χ1n) is 6.77. The van der Waals surface area contributed by atoms with E-state index in [0.717, 1.165) is 18.4 Å². The molecule has 5 heteroatoms. The Kier molecular flexibility index (Phi) is 5.01. The Labute approximate surface area is 132 Å². The zero-order valence-corrected chi connectivity index (χ0v) is 13.8. The number of carbonyl (C=O) groups excluding carboxylic acids is 2. The van der Waals surface area contributed by atoms with Crippen LogP contribution in [-0.2, 0) is 16.0 Å². The molecule has 108 valence electrons. The number of nitrogens with zero attached hydrogens (tertiary/aromatic N) is 1. The van der Waals surface area contributed by atoms with Crippen LogP contribution >= 0.6 is 22.6 Å². The number of fused-ring (bicyclic) bond motifs is 1. The quantitative estimate of drug-likeness (QED) is 0.547. The third-order valence-electron chi connectivity index (χ3n) is 3.38. The van der Waals surface area contributed by atoms with Gasteiger partial charge in [-0.3, -0.25) is 4.79 Å².